The van der Waals surface area contributed by atoms with E-state index < -0.39 is 0 Å². The number of aryl methyl sites for hydroxylation is 2. The predicted octanol–water partition coefficient (Wildman–Crippen LogP) is 5.48. The van der Waals surface area contributed by atoms with E-state index in [-0.39, 0.29) is 11.9 Å². The second-order valence-electron chi connectivity index (χ2n) is 7.42. The van der Waals surface area contributed by atoms with Crippen molar-refractivity contribution in [3.8, 4) is 22.9 Å². The van der Waals surface area contributed by atoms with Gasteiger partial charge in [0.25, 0.3) is 5.91 Å². The first kappa shape index (κ1) is 20.3. The van der Waals surface area contributed by atoms with E-state index in [0.29, 0.717) is 17.9 Å². The quantitative estimate of drug-likeness (QED) is 0.458. The van der Waals surface area contributed by atoms with Crippen LogP contribution < -0.4 is 10.1 Å². The Morgan fingerprint density at radius 2 is 1.55 bits per heavy atom. The van der Waals surface area contributed by atoms with Crippen molar-refractivity contribution < 1.29 is 9.53 Å². The van der Waals surface area contributed by atoms with E-state index in [1.165, 1.54) is 11.1 Å². The summed E-state index contributed by atoms with van der Waals surface area (Å²) in [5.41, 5.74) is 5.99. The van der Waals surface area contributed by atoms with Crippen LogP contribution >= 0.6 is 0 Å². The van der Waals surface area contributed by atoms with Gasteiger partial charge in [0.2, 0.25) is 0 Å². The lowest BCUT2D eigenvalue weighted by Gasteiger charge is -2.08. The molecule has 5 heteroatoms. The van der Waals surface area contributed by atoms with E-state index in [1.807, 2.05) is 37.3 Å². The lowest BCUT2D eigenvalue weighted by Crippen LogP contribution is -2.22. The van der Waals surface area contributed by atoms with Crippen molar-refractivity contribution in [2.75, 3.05) is 0 Å². The molecule has 1 amide bonds. The second-order valence-corrected chi connectivity index (χ2v) is 7.42. The first-order chi connectivity index (χ1) is 15.1. The third-order valence-corrected chi connectivity index (χ3v) is 4.87. The van der Waals surface area contributed by atoms with Gasteiger partial charge in [-0.2, -0.15) is 0 Å². The fraction of sp³-hybridized carbons (Fsp3) is 0.115. The van der Waals surface area contributed by atoms with Crippen LogP contribution in [0.25, 0.3) is 11.1 Å². The first-order valence-corrected chi connectivity index (χ1v) is 10.1. The molecule has 0 aliphatic heterocycles. The number of amides is 1. The zero-order valence-electron chi connectivity index (χ0n) is 17.5. The van der Waals surface area contributed by atoms with Crippen LogP contribution in [0.3, 0.4) is 0 Å². The van der Waals surface area contributed by atoms with E-state index >= 15 is 0 Å². The molecule has 0 aliphatic rings. The molecule has 31 heavy (non-hydrogen) atoms. The molecule has 3 aromatic carbocycles. The highest BCUT2D eigenvalue weighted by Gasteiger charge is 2.07. The molecule has 0 radical (unpaired) electrons. The standard InChI is InChI=1S/C26H23N3O2/c1-18-6-8-21(9-7-18)23-16-28-26(29-17-23)31-24-12-10-22(11-13-24)25(30)27-15-20-5-3-4-19(2)14-20/h3-14,16-17H,15H2,1-2H3,(H,27,30). The summed E-state index contributed by atoms with van der Waals surface area (Å²) >= 11 is 0. The average molecular weight is 409 g/mol. The zero-order valence-corrected chi connectivity index (χ0v) is 17.5. The SMILES string of the molecule is Cc1ccc(-c2cnc(Oc3ccc(C(=O)NCc4cccc(C)c4)cc3)nc2)cc1. The van der Waals surface area contributed by atoms with Crippen molar-refractivity contribution in [2.24, 2.45) is 0 Å². The number of carbonyl (C=O) groups is 1. The minimum absolute atomic E-state index is 0.133. The number of carbonyl (C=O) groups excluding carboxylic acids is 1. The Kier molecular flexibility index (Phi) is 6.03. The Morgan fingerprint density at radius 1 is 0.839 bits per heavy atom. The molecule has 4 aromatic rings. The highest BCUT2D eigenvalue weighted by Crippen LogP contribution is 2.22. The van der Waals surface area contributed by atoms with Crippen molar-refractivity contribution in [3.05, 3.63) is 107 Å². The number of hydrogen-bond donors (Lipinski definition) is 1. The molecule has 1 heterocycles. The van der Waals surface area contributed by atoms with Gasteiger partial charge in [0.1, 0.15) is 5.75 Å². The molecule has 1 aromatic heterocycles. The Bertz CT molecular complexity index is 1170. The second kappa shape index (κ2) is 9.22. The first-order valence-electron chi connectivity index (χ1n) is 10.1. The number of aromatic nitrogens is 2. The molecule has 0 unspecified atom stereocenters. The van der Waals surface area contributed by atoms with Crippen molar-refractivity contribution in [1.82, 2.24) is 15.3 Å². The molecule has 5 nitrogen and oxygen atoms in total. The van der Waals surface area contributed by atoms with E-state index in [0.717, 1.165) is 16.7 Å². The van der Waals surface area contributed by atoms with Crippen molar-refractivity contribution in [1.29, 1.82) is 0 Å². The van der Waals surface area contributed by atoms with Crippen molar-refractivity contribution >= 4 is 5.91 Å². The fourth-order valence-corrected chi connectivity index (χ4v) is 3.15. The molecular formula is C26H23N3O2. The third-order valence-electron chi connectivity index (χ3n) is 4.87. The number of nitrogens with one attached hydrogen (secondary N) is 1. The number of ether oxygens (including phenoxy) is 1. The molecule has 0 fully saturated rings. The van der Waals surface area contributed by atoms with Gasteiger partial charge in [0.15, 0.2) is 0 Å². The summed E-state index contributed by atoms with van der Waals surface area (Å²) in [6, 6.07) is 23.4. The van der Waals surface area contributed by atoms with Crippen LogP contribution in [0.4, 0.5) is 0 Å². The Balaban J connectivity index is 1.35. The molecule has 0 bridgehead atoms. The van der Waals surface area contributed by atoms with Crippen molar-refractivity contribution in [2.45, 2.75) is 20.4 Å². The van der Waals surface area contributed by atoms with Gasteiger partial charge >= 0.3 is 6.01 Å². The maximum atomic E-state index is 12.4. The van der Waals surface area contributed by atoms with E-state index in [2.05, 4.69) is 40.4 Å². The van der Waals surface area contributed by atoms with Crippen LogP contribution in [-0.4, -0.2) is 15.9 Å². The number of hydrogen-bond acceptors (Lipinski definition) is 4. The Labute approximate surface area is 181 Å². The van der Waals surface area contributed by atoms with Gasteiger partial charge in [-0.05, 0) is 49.2 Å². The van der Waals surface area contributed by atoms with Crippen LogP contribution in [0, 0.1) is 13.8 Å². The summed E-state index contributed by atoms with van der Waals surface area (Å²) in [4.78, 5) is 21.0. The normalized spacial score (nSPS) is 10.5. The number of nitrogens with zero attached hydrogens (tertiary/aromatic N) is 2. The largest absolute Gasteiger partial charge is 0.424 e. The van der Waals surface area contributed by atoms with Crippen LogP contribution in [0.15, 0.2) is 85.2 Å². The summed E-state index contributed by atoms with van der Waals surface area (Å²) in [5.74, 6) is 0.435. The minimum Gasteiger partial charge on any atom is -0.424 e. The molecular weight excluding hydrogens is 386 g/mol. The van der Waals surface area contributed by atoms with E-state index in [4.69, 9.17) is 4.74 Å². The van der Waals surface area contributed by atoms with Gasteiger partial charge in [-0.3, -0.25) is 4.79 Å². The van der Waals surface area contributed by atoms with Crippen molar-refractivity contribution in [3.63, 3.8) is 0 Å². The fourth-order valence-electron chi connectivity index (χ4n) is 3.15. The molecule has 0 atom stereocenters. The topological polar surface area (TPSA) is 64.1 Å². The molecule has 0 aliphatic carbocycles. The molecule has 154 valence electrons. The Hall–Kier alpha value is -3.99. The van der Waals surface area contributed by atoms with E-state index in [9.17, 15) is 4.79 Å². The molecule has 0 spiro atoms. The monoisotopic (exact) mass is 409 g/mol. The average Bonchev–Trinajstić information content (AvgIpc) is 2.79. The smallest absolute Gasteiger partial charge is 0.321 e. The molecule has 0 saturated heterocycles. The van der Waals surface area contributed by atoms with E-state index in [1.54, 1.807) is 36.7 Å². The molecule has 4 rings (SSSR count). The summed E-state index contributed by atoms with van der Waals surface area (Å²) in [7, 11) is 0. The van der Waals surface area contributed by atoms with Gasteiger partial charge < -0.3 is 10.1 Å². The molecule has 1 N–H and O–H groups in total. The number of benzene rings is 3. The highest BCUT2D eigenvalue weighted by molar-refractivity contribution is 5.94. The predicted molar refractivity (Wildman–Crippen MR) is 121 cm³/mol. The van der Waals surface area contributed by atoms with Crippen LogP contribution in [0.2, 0.25) is 0 Å². The van der Waals surface area contributed by atoms with Crippen LogP contribution in [-0.2, 0) is 6.54 Å². The number of rotatable bonds is 6. The summed E-state index contributed by atoms with van der Waals surface area (Å²) < 4.78 is 5.71. The Morgan fingerprint density at radius 3 is 2.23 bits per heavy atom. The van der Waals surface area contributed by atoms with Gasteiger partial charge in [-0.15, -0.1) is 0 Å². The maximum absolute atomic E-state index is 12.4. The van der Waals surface area contributed by atoms with Gasteiger partial charge in [0, 0.05) is 30.1 Å². The minimum atomic E-state index is -0.133. The molecule has 0 saturated carbocycles. The van der Waals surface area contributed by atoms with Gasteiger partial charge in [0.05, 0.1) is 0 Å². The lowest BCUT2D eigenvalue weighted by atomic mass is 10.1. The summed E-state index contributed by atoms with van der Waals surface area (Å²) in [6.07, 6.45) is 3.47. The van der Waals surface area contributed by atoms with Gasteiger partial charge in [-0.25, -0.2) is 9.97 Å². The third kappa shape index (κ3) is 5.34. The van der Waals surface area contributed by atoms with Crippen LogP contribution in [0.1, 0.15) is 27.0 Å². The lowest BCUT2D eigenvalue weighted by molar-refractivity contribution is 0.0951. The van der Waals surface area contributed by atoms with Crippen LogP contribution in [0.5, 0.6) is 11.8 Å². The zero-order chi connectivity index (χ0) is 21.6. The van der Waals surface area contributed by atoms with Gasteiger partial charge in [-0.1, -0.05) is 59.7 Å². The summed E-state index contributed by atoms with van der Waals surface area (Å²) in [6.45, 7) is 4.57. The highest BCUT2D eigenvalue weighted by atomic mass is 16.5. The summed E-state index contributed by atoms with van der Waals surface area (Å²) in [5, 5.41) is 2.93. The maximum Gasteiger partial charge on any atom is 0.321 e.